The molecule has 166 valence electrons. The van der Waals surface area contributed by atoms with Gasteiger partial charge in [0.1, 0.15) is 11.8 Å². The van der Waals surface area contributed by atoms with Gasteiger partial charge in [0, 0.05) is 24.1 Å². The molecule has 0 spiro atoms. The predicted molar refractivity (Wildman–Crippen MR) is 108 cm³/mol. The molecule has 1 N–H and O–H groups in total. The second-order valence-corrected chi connectivity index (χ2v) is 6.58. The third-order valence-corrected chi connectivity index (χ3v) is 4.11. The van der Waals surface area contributed by atoms with Crippen LogP contribution in [0.4, 0.5) is 11.4 Å². The Balaban J connectivity index is 2.17. The van der Waals surface area contributed by atoms with Gasteiger partial charge >= 0.3 is 5.97 Å². The van der Waals surface area contributed by atoms with Gasteiger partial charge in [0.2, 0.25) is 0 Å². The average Bonchev–Trinajstić information content (AvgIpc) is 2.76. The molecule has 0 heterocycles. The van der Waals surface area contributed by atoms with Crippen LogP contribution < -0.4 is 5.32 Å². The number of Topliss-reactive ketones (excluding diaryl/α,β-unsaturated/α-hetero) is 2. The Morgan fingerprint density at radius 3 is 2.00 bits per heavy atom. The Bertz CT molecular complexity index is 1050. The number of hydrogen-bond donors (Lipinski definition) is 1. The fourth-order valence-electron chi connectivity index (χ4n) is 2.60. The number of hydrogen-bond acceptors (Lipinski definition) is 9. The monoisotopic (exact) mass is 443 g/mol. The van der Waals surface area contributed by atoms with Crippen molar-refractivity contribution >= 4 is 34.8 Å². The molecule has 1 atom stereocenters. The first-order valence-electron chi connectivity index (χ1n) is 9.07. The van der Waals surface area contributed by atoms with Crippen LogP contribution in [0.15, 0.2) is 48.5 Å². The van der Waals surface area contributed by atoms with Crippen LogP contribution in [0.25, 0.3) is 0 Å². The van der Waals surface area contributed by atoms with E-state index in [0.717, 1.165) is 19.1 Å². The molecule has 12 nitrogen and oxygen atoms in total. The summed E-state index contributed by atoms with van der Waals surface area (Å²) in [4.78, 5) is 68.6. The van der Waals surface area contributed by atoms with Gasteiger partial charge in [-0.15, -0.1) is 0 Å². The fraction of sp³-hybridized carbons (Fsp3) is 0.200. The number of nitro benzene ring substituents is 2. The minimum Gasteiger partial charge on any atom is -0.456 e. The summed E-state index contributed by atoms with van der Waals surface area (Å²) in [7, 11) is 0. The van der Waals surface area contributed by atoms with E-state index in [1.165, 1.54) is 12.1 Å². The van der Waals surface area contributed by atoms with E-state index in [1.807, 2.05) is 0 Å². The van der Waals surface area contributed by atoms with Crippen molar-refractivity contribution in [3.05, 3.63) is 79.9 Å². The standard InChI is InChI=1S/C20H17N3O9/c1-12(24)7-17(20(27)32-11-18(25)13-5-3-2-4-6-13)21-19(26)14-8-15(22(28)29)10-16(9-14)23(30)31/h2-6,8-10,17H,7,11H2,1H3,(H,21,26). The van der Waals surface area contributed by atoms with Gasteiger partial charge in [-0.25, -0.2) is 4.79 Å². The number of nitrogens with one attached hydrogen (secondary N) is 1. The first-order valence-corrected chi connectivity index (χ1v) is 9.07. The number of ketones is 2. The lowest BCUT2D eigenvalue weighted by Gasteiger charge is -2.16. The Labute approximate surface area is 180 Å². The molecule has 0 radical (unpaired) electrons. The van der Waals surface area contributed by atoms with Crippen LogP contribution in [0.3, 0.4) is 0 Å². The first-order chi connectivity index (χ1) is 15.1. The molecule has 2 aromatic rings. The number of nitro groups is 2. The third-order valence-electron chi connectivity index (χ3n) is 4.11. The van der Waals surface area contributed by atoms with E-state index in [2.05, 4.69) is 5.32 Å². The van der Waals surface area contributed by atoms with Crippen LogP contribution in [0, 0.1) is 20.2 Å². The number of nitrogens with zero attached hydrogens (tertiary/aromatic N) is 2. The van der Waals surface area contributed by atoms with Crippen molar-refractivity contribution < 1.29 is 33.8 Å². The lowest BCUT2D eigenvalue weighted by molar-refractivity contribution is -0.394. The summed E-state index contributed by atoms with van der Waals surface area (Å²) < 4.78 is 4.91. The van der Waals surface area contributed by atoms with Crippen molar-refractivity contribution in [2.24, 2.45) is 0 Å². The molecule has 0 aromatic heterocycles. The molecule has 0 saturated carbocycles. The second kappa shape index (κ2) is 10.5. The van der Waals surface area contributed by atoms with E-state index in [0.29, 0.717) is 6.07 Å². The van der Waals surface area contributed by atoms with Gasteiger partial charge in [-0.05, 0) is 6.92 Å². The molecule has 1 unspecified atom stereocenters. The van der Waals surface area contributed by atoms with Gasteiger partial charge in [-0.3, -0.25) is 34.6 Å². The Morgan fingerprint density at radius 2 is 1.50 bits per heavy atom. The molecule has 32 heavy (non-hydrogen) atoms. The Hall–Kier alpha value is -4.48. The first kappa shape index (κ1) is 23.8. The van der Waals surface area contributed by atoms with Crippen LogP contribution in [-0.2, 0) is 14.3 Å². The van der Waals surface area contributed by atoms with Gasteiger partial charge in [-0.1, -0.05) is 30.3 Å². The third kappa shape index (κ3) is 6.52. The van der Waals surface area contributed by atoms with Gasteiger partial charge in [0.25, 0.3) is 17.3 Å². The number of benzene rings is 2. The van der Waals surface area contributed by atoms with Crippen LogP contribution in [-0.4, -0.2) is 45.9 Å². The molecule has 2 rings (SSSR count). The molecule has 1 amide bonds. The van der Waals surface area contributed by atoms with Crippen molar-refractivity contribution in [2.45, 2.75) is 19.4 Å². The summed E-state index contributed by atoms with van der Waals surface area (Å²) in [6, 6.07) is 8.70. The highest BCUT2D eigenvalue weighted by Gasteiger charge is 2.27. The highest BCUT2D eigenvalue weighted by Crippen LogP contribution is 2.22. The summed E-state index contributed by atoms with van der Waals surface area (Å²) in [5.74, 6) is -3.17. The van der Waals surface area contributed by atoms with Crippen molar-refractivity contribution in [1.29, 1.82) is 0 Å². The van der Waals surface area contributed by atoms with Crippen LogP contribution in [0.1, 0.15) is 34.1 Å². The number of non-ortho nitro benzene ring substituents is 2. The lowest BCUT2D eigenvalue weighted by Crippen LogP contribution is -2.43. The molecule has 12 heteroatoms. The topological polar surface area (TPSA) is 176 Å². The Kier molecular flexibility index (Phi) is 7.82. The molecule has 0 bridgehead atoms. The van der Waals surface area contributed by atoms with E-state index >= 15 is 0 Å². The molecule has 0 aliphatic carbocycles. The summed E-state index contributed by atoms with van der Waals surface area (Å²) in [5, 5.41) is 24.2. The van der Waals surface area contributed by atoms with E-state index in [-0.39, 0.29) is 5.56 Å². The molecule has 0 aliphatic heterocycles. The quantitative estimate of drug-likeness (QED) is 0.249. The maximum Gasteiger partial charge on any atom is 0.329 e. The number of amides is 1. The lowest BCUT2D eigenvalue weighted by atomic mass is 10.1. The molecule has 0 aliphatic rings. The summed E-state index contributed by atoms with van der Waals surface area (Å²) >= 11 is 0. The second-order valence-electron chi connectivity index (χ2n) is 6.58. The summed E-state index contributed by atoms with van der Waals surface area (Å²) in [5.41, 5.74) is -1.59. The van der Waals surface area contributed by atoms with Crippen molar-refractivity contribution in [3.63, 3.8) is 0 Å². The van der Waals surface area contributed by atoms with Crippen molar-refractivity contribution in [3.8, 4) is 0 Å². The predicted octanol–water partition coefficient (Wildman–Crippen LogP) is 2.01. The highest BCUT2D eigenvalue weighted by molar-refractivity contribution is 6.00. The van der Waals surface area contributed by atoms with E-state index in [4.69, 9.17) is 4.74 Å². The average molecular weight is 443 g/mol. The number of carbonyl (C=O) groups excluding carboxylic acids is 4. The number of rotatable bonds is 10. The number of ether oxygens (including phenoxy) is 1. The highest BCUT2D eigenvalue weighted by atomic mass is 16.6. The molecular weight excluding hydrogens is 426 g/mol. The zero-order chi connectivity index (χ0) is 23.8. The van der Waals surface area contributed by atoms with Gasteiger partial charge < -0.3 is 10.1 Å². The van der Waals surface area contributed by atoms with Gasteiger partial charge in [0.05, 0.1) is 21.5 Å². The number of esters is 1. The molecule has 0 saturated heterocycles. The minimum atomic E-state index is -1.51. The minimum absolute atomic E-state index is 0.288. The zero-order valence-corrected chi connectivity index (χ0v) is 16.7. The molecular formula is C20H17N3O9. The SMILES string of the molecule is CC(=O)CC(NC(=O)c1cc([N+](=O)[O-])cc([N+](=O)[O-])c1)C(=O)OCC(=O)c1ccccc1. The van der Waals surface area contributed by atoms with E-state index in [9.17, 15) is 39.4 Å². The van der Waals surface area contributed by atoms with E-state index < -0.39 is 69.3 Å². The Morgan fingerprint density at radius 1 is 0.938 bits per heavy atom. The summed E-state index contributed by atoms with van der Waals surface area (Å²) in [6.07, 6.45) is -0.485. The summed E-state index contributed by atoms with van der Waals surface area (Å²) in [6.45, 7) is 0.509. The van der Waals surface area contributed by atoms with Gasteiger partial charge in [0.15, 0.2) is 12.4 Å². The van der Waals surface area contributed by atoms with Crippen LogP contribution in [0.5, 0.6) is 0 Å². The van der Waals surface area contributed by atoms with Crippen LogP contribution in [0.2, 0.25) is 0 Å². The molecule has 2 aromatic carbocycles. The smallest absolute Gasteiger partial charge is 0.329 e. The van der Waals surface area contributed by atoms with Crippen molar-refractivity contribution in [2.75, 3.05) is 6.61 Å². The normalized spacial score (nSPS) is 11.2. The number of carbonyl (C=O) groups is 4. The van der Waals surface area contributed by atoms with E-state index in [1.54, 1.807) is 18.2 Å². The maximum atomic E-state index is 12.5. The van der Waals surface area contributed by atoms with Gasteiger partial charge in [-0.2, -0.15) is 0 Å². The molecule has 0 fully saturated rings. The fourth-order valence-corrected chi connectivity index (χ4v) is 2.60. The largest absolute Gasteiger partial charge is 0.456 e. The van der Waals surface area contributed by atoms with Crippen molar-refractivity contribution in [1.82, 2.24) is 5.32 Å². The van der Waals surface area contributed by atoms with Crippen LogP contribution >= 0.6 is 0 Å². The maximum absolute atomic E-state index is 12.5. The zero-order valence-electron chi connectivity index (χ0n) is 16.7.